The van der Waals surface area contributed by atoms with Gasteiger partial charge in [0.15, 0.2) is 11.5 Å². The van der Waals surface area contributed by atoms with Gasteiger partial charge in [-0.15, -0.1) is 0 Å². The number of aromatic amines is 1. The average molecular weight is 429 g/mol. The molecular formula is C23H20FN7O. The van der Waals surface area contributed by atoms with Gasteiger partial charge in [0.25, 0.3) is 5.56 Å². The van der Waals surface area contributed by atoms with Crippen LogP contribution in [0.4, 0.5) is 10.2 Å². The molecule has 8 nitrogen and oxygen atoms in total. The second-order valence-electron chi connectivity index (χ2n) is 7.46. The Morgan fingerprint density at radius 1 is 1.12 bits per heavy atom. The molecule has 0 saturated carbocycles. The van der Waals surface area contributed by atoms with Crippen molar-refractivity contribution >= 4 is 27.9 Å². The Labute approximate surface area is 182 Å². The Balaban J connectivity index is 1.76. The van der Waals surface area contributed by atoms with Gasteiger partial charge in [0.2, 0.25) is 0 Å². The highest BCUT2D eigenvalue weighted by molar-refractivity contribution is 5.82. The van der Waals surface area contributed by atoms with Gasteiger partial charge < -0.3 is 10.3 Å². The number of para-hydroxylation sites is 1. The quantitative estimate of drug-likeness (QED) is 0.437. The maximum atomic E-state index is 14.6. The van der Waals surface area contributed by atoms with Crippen LogP contribution in [0.5, 0.6) is 0 Å². The fraction of sp³-hybridized carbons (Fsp3) is 0.174. The highest BCUT2D eigenvalue weighted by atomic mass is 19.1. The van der Waals surface area contributed by atoms with Crippen molar-refractivity contribution in [1.29, 1.82) is 0 Å². The SMILES string of the molecule is CC[C@H](Nc1ncnc2nc[nH]c12)c1nc2cccc(F)c2c(=O)n1-c1ccccc1C. The summed E-state index contributed by atoms with van der Waals surface area (Å²) in [5.74, 6) is 0.422. The molecule has 0 amide bonds. The van der Waals surface area contributed by atoms with E-state index in [1.54, 1.807) is 18.5 Å². The van der Waals surface area contributed by atoms with E-state index in [0.717, 1.165) is 5.56 Å². The first-order valence-electron chi connectivity index (χ1n) is 10.3. The van der Waals surface area contributed by atoms with Crippen LogP contribution in [-0.4, -0.2) is 29.5 Å². The lowest BCUT2D eigenvalue weighted by atomic mass is 10.1. The topological polar surface area (TPSA) is 101 Å². The molecule has 2 aromatic carbocycles. The second-order valence-corrected chi connectivity index (χ2v) is 7.46. The molecule has 160 valence electrons. The zero-order valence-electron chi connectivity index (χ0n) is 17.5. The van der Waals surface area contributed by atoms with Gasteiger partial charge in [0, 0.05) is 0 Å². The molecule has 3 aromatic heterocycles. The third kappa shape index (κ3) is 3.18. The predicted octanol–water partition coefficient (Wildman–Crippen LogP) is 4.06. The number of benzene rings is 2. The van der Waals surface area contributed by atoms with Crippen molar-refractivity contribution in [2.75, 3.05) is 5.32 Å². The summed E-state index contributed by atoms with van der Waals surface area (Å²) in [6.45, 7) is 3.89. The van der Waals surface area contributed by atoms with Gasteiger partial charge >= 0.3 is 0 Å². The lowest BCUT2D eigenvalue weighted by molar-refractivity contribution is 0.630. The number of nitrogens with one attached hydrogen (secondary N) is 2. The van der Waals surface area contributed by atoms with Crippen LogP contribution in [0.25, 0.3) is 27.8 Å². The summed E-state index contributed by atoms with van der Waals surface area (Å²) in [6.07, 6.45) is 3.57. The molecule has 0 aliphatic heterocycles. The number of hydrogen-bond acceptors (Lipinski definition) is 6. The molecule has 0 unspecified atom stereocenters. The van der Waals surface area contributed by atoms with Crippen molar-refractivity contribution in [3.05, 3.63) is 82.7 Å². The monoisotopic (exact) mass is 429 g/mol. The maximum Gasteiger partial charge on any atom is 0.269 e. The van der Waals surface area contributed by atoms with Crippen LogP contribution < -0.4 is 10.9 Å². The van der Waals surface area contributed by atoms with E-state index < -0.39 is 17.4 Å². The smallest absolute Gasteiger partial charge is 0.269 e. The van der Waals surface area contributed by atoms with Crippen LogP contribution >= 0.6 is 0 Å². The molecule has 9 heteroatoms. The number of rotatable bonds is 5. The number of imidazole rings is 1. The molecule has 5 rings (SSSR count). The fourth-order valence-electron chi connectivity index (χ4n) is 3.88. The van der Waals surface area contributed by atoms with Gasteiger partial charge in [0.05, 0.1) is 23.6 Å². The van der Waals surface area contributed by atoms with E-state index in [9.17, 15) is 9.18 Å². The Kier molecular flexibility index (Phi) is 4.85. The number of aryl methyl sites for hydroxylation is 1. The van der Waals surface area contributed by atoms with E-state index in [4.69, 9.17) is 4.98 Å². The molecule has 3 heterocycles. The van der Waals surface area contributed by atoms with Crippen LogP contribution in [0.2, 0.25) is 0 Å². The minimum atomic E-state index is -0.593. The zero-order chi connectivity index (χ0) is 22.2. The van der Waals surface area contributed by atoms with E-state index in [0.29, 0.717) is 40.4 Å². The maximum absolute atomic E-state index is 14.6. The Hall–Kier alpha value is -4.14. The summed E-state index contributed by atoms with van der Waals surface area (Å²) in [5.41, 5.74) is 2.57. The van der Waals surface area contributed by atoms with E-state index >= 15 is 0 Å². The van der Waals surface area contributed by atoms with Crippen LogP contribution in [0.15, 0.2) is 59.9 Å². The normalized spacial score (nSPS) is 12.3. The molecule has 0 aliphatic rings. The number of aromatic nitrogens is 6. The molecule has 0 bridgehead atoms. The summed E-state index contributed by atoms with van der Waals surface area (Å²) in [6, 6.07) is 11.6. The highest BCUT2D eigenvalue weighted by Crippen LogP contribution is 2.27. The van der Waals surface area contributed by atoms with E-state index in [1.165, 1.54) is 17.0 Å². The molecule has 1 atom stereocenters. The number of anilines is 1. The first-order chi connectivity index (χ1) is 15.6. The van der Waals surface area contributed by atoms with Crippen molar-refractivity contribution in [2.45, 2.75) is 26.3 Å². The first-order valence-corrected chi connectivity index (χ1v) is 10.3. The van der Waals surface area contributed by atoms with Gasteiger partial charge in [0.1, 0.15) is 28.9 Å². The molecule has 2 N–H and O–H groups in total. The first kappa shape index (κ1) is 19.8. The number of H-pyrrole nitrogens is 1. The lowest BCUT2D eigenvalue weighted by Crippen LogP contribution is -2.29. The third-order valence-corrected chi connectivity index (χ3v) is 5.48. The zero-order valence-corrected chi connectivity index (χ0v) is 17.5. The van der Waals surface area contributed by atoms with Crippen LogP contribution in [0.1, 0.15) is 30.8 Å². The van der Waals surface area contributed by atoms with Gasteiger partial charge in [-0.25, -0.2) is 24.3 Å². The molecule has 32 heavy (non-hydrogen) atoms. The van der Waals surface area contributed by atoms with Crippen molar-refractivity contribution < 1.29 is 4.39 Å². The summed E-state index contributed by atoms with van der Waals surface area (Å²) in [5, 5.41) is 3.34. The number of halogens is 1. The summed E-state index contributed by atoms with van der Waals surface area (Å²) < 4.78 is 16.1. The minimum absolute atomic E-state index is 0.0349. The Morgan fingerprint density at radius 3 is 2.78 bits per heavy atom. The van der Waals surface area contributed by atoms with Crippen molar-refractivity contribution in [2.24, 2.45) is 0 Å². The van der Waals surface area contributed by atoms with Gasteiger partial charge in [-0.05, 0) is 37.1 Å². The molecule has 0 fully saturated rings. The Morgan fingerprint density at radius 2 is 1.97 bits per heavy atom. The molecule has 0 saturated heterocycles. The lowest BCUT2D eigenvalue weighted by Gasteiger charge is -2.23. The van der Waals surface area contributed by atoms with Crippen LogP contribution in [-0.2, 0) is 0 Å². The standard InChI is InChI=1S/C23H20FN7O/c1-3-15(29-21-19-20(26-11-25-19)27-12-28-21)22-30-16-9-6-8-14(24)18(16)23(32)31(22)17-10-5-4-7-13(17)2/h4-12,15H,3H2,1-2H3,(H2,25,26,27,28,29)/t15-/m0/s1. The Bertz CT molecular complexity index is 1510. The number of hydrogen-bond donors (Lipinski definition) is 2. The summed E-state index contributed by atoms with van der Waals surface area (Å²) in [7, 11) is 0. The average Bonchev–Trinajstić information content (AvgIpc) is 3.28. The van der Waals surface area contributed by atoms with Crippen LogP contribution in [0, 0.1) is 12.7 Å². The van der Waals surface area contributed by atoms with Crippen molar-refractivity contribution in [3.63, 3.8) is 0 Å². The minimum Gasteiger partial charge on any atom is -0.358 e. The summed E-state index contributed by atoms with van der Waals surface area (Å²) >= 11 is 0. The van der Waals surface area contributed by atoms with Crippen LogP contribution in [0.3, 0.4) is 0 Å². The third-order valence-electron chi connectivity index (χ3n) is 5.48. The molecule has 0 aliphatic carbocycles. The van der Waals surface area contributed by atoms with Crippen molar-refractivity contribution in [3.8, 4) is 5.69 Å². The predicted molar refractivity (Wildman–Crippen MR) is 120 cm³/mol. The summed E-state index contributed by atoms with van der Waals surface area (Å²) in [4.78, 5) is 34.0. The second kappa shape index (κ2) is 7.84. The highest BCUT2D eigenvalue weighted by Gasteiger charge is 2.23. The molecule has 0 spiro atoms. The number of fused-ring (bicyclic) bond motifs is 2. The molecule has 5 aromatic rings. The molecule has 0 radical (unpaired) electrons. The largest absolute Gasteiger partial charge is 0.358 e. The molecular weight excluding hydrogens is 409 g/mol. The van der Waals surface area contributed by atoms with E-state index in [1.807, 2.05) is 38.1 Å². The van der Waals surface area contributed by atoms with Gasteiger partial charge in [-0.1, -0.05) is 31.2 Å². The van der Waals surface area contributed by atoms with Gasteiger partial charge in [-0.2, -0.15) is 0 Å². The fourth-order valence-corrected chi connectivity index (χ4v) is 3.88. The van der Waals surface area contributed by atoms with Crippen molar-refractivity contribution in [1.82, 2.24) is 29.5 Å². The number of nitrogens with zero attached hydrogens (tertiary/aromatic N) is 5. The van der Waals surface area contributed by atoms with E-state index in [-0.39, 0.29) is 5.39 Å². The van der Waals surface area contributed by atoms with E-state index in [2.05, 4.69) is 25.3 Å². The van der Waals surface area contributed by atoms with Gasteiger partial charge in [-0.3, -0.25) is 9.36 Å².